The number of hydrogen-bond acceptors (Lipinski definition) is 7. The average Bonchev–Trinajstić information content (AvgIpc) is 3.12. The van der Waals surface area contributed by atoms with Crippen molar-refractivity contribution in [3.8, 4) is 0 Å². The maximum atomic E-state index is 12.3. The van der Waals surface area contributed by atoms with Crippen LogP contribution in [0.1, 0.15) is 42.4 Å². The molecule has 3 aromatic rings. The standard InChI is InChI=1S/C21H25N7O3/c1-21(2,3)31-20(30)25-10-14-5-4-6-15(9-14)12-28-13-16(11-26-28)27-19(29)17-18(22)24-8-7-23-17/h4-9,11,13H,10,12H2,1-3H3,(H2,22,24)(H,25,30)(H,27,29). The maximum Gasteiger partial charge on any atom is 0.407 e. The summed E-state index contributed by atoms with van der Waals surface area (Å²) in [6.45, 7) is 6.29. The Morgan fingerprint density at radius 1 is 1.16 bits per heavy atom. The average molecular weight is 423 g/mol. The summed E-state index contributed by atoms with van der Waals surface area (Å²) >= 11 is 0. The molecule has 0 aliphatic rings. The summed E-state index contributed by atoms with van der Waals surface area (Å²) in [5, 5.41) is 9.71. The third-order valence-corrected chi connectivity index (χ3v) is 4.00. The number of aromatic nitrogens is 4. The van der Waals surface area contributed by atoms with E-state index in [0.29, 0.717) is 18.8 Å². The van der Waals surface area contributed by atoms with Crippen LogP contribution in [-0.4, -0.2) is 37.3 Å². The molecule has 0 bridgehead atoms. The first kappa shape index (κ1) is 21.8. The van der Waals surface area contributed by atoms with E-state index in [-0.39, 0.29) is 11.5 Å². The first-order valence-corrected chi connectivity index (χ1v) is 9.64. The molecule has 10 heteroatoms. The Balaban J connectivity index is 1.58. The van der Waals surface area contributed by atoms with Crippen LogP contribution in [0.3, 0.4) is 0 Å². The largest absolute Gasteiger partial charge is 0.444 e. The predicted octanol–water partition coefficient (Wildman–Crippen LogP) is 2.58. The van der Waals surface area contributed by atoms with Crippen molar-refractivity contribution in [2.75, 3.05) is 11.1 Å². The van der Waals surface area contributed by atoms with Gasteiger partial charge in [-0.2, -0.15) is 5.10 Å². The normalized spacial score (nSPS) is 11.1. The minimum absolute atomic E-state index is 0.0560. The van der Waals surface area contributed by atoms with Gasteiger partial charge in [0.15, 0.2) is 11.5 Å². The van der Waals surface area contributed by atoms with Gasteiger partial charge in [0.25, 0.3) is 5.91 Å². The van der Waals surface area contributed by atoms with Gasteiger partial charge in [0.05, 0.1) is 18.4 Å². The molecule has 2 heterocycles. The lowest BCUT2D eigenvalue weighted by molar-refractivity contribution is 0.0523. The zero-order valence-electron chi connectivity index (χ0n) is 17.6. The Kier molecular flexibility index (Phi) is 6.49. The highest BCUT2D eigenvalue weighted by atomic mass is 16.6. The highest BCUT2D eigenvalue weighted by Crippen LogP contribution is 2.13. The topological polar surface area (TPSA) is 137 Å². The molecular weight excluding hydrogens is 398 g/mol. The summed E-state index contributed by atoms with van der Waals surface area (Å²) in [6.07, 6.45) is 5.60. The molecule has 0 radical (unpaired) electrons. The van der Waals surface area contributed by atoms with Gasteiger partial charge in [0.2, 0.25) is 0 Å². The summed E-state index contributed by atoms with van der Waals surface area (Å²) in [5.41, 5.74) is 7.63. The van der Waals surface area contributed by atoms with Gasteiger partial charge in [-0.1, -0.05) is 24.3 Å². The highest BCUT2D eigenvalue weighted by molar-refractivity contribution is 6.05. The molecule has 0 saturated carbocycles. The summed E-state index contributed by atoms with van der Waals surface area (Å²) in [4.78, 5) is 31.9. The molecule has 0 spiro atoms. The molecule has 2 amide bonds. The van der Waals surface area contributed by atoms with Crippen LogP contribution in [0.15, 0.2) is 49.1 Å². The number of rotatable bonds is 6. The molecule has 1 aromatic carbocycles. The minimum Gasteiger partial charge on any atom is -0.444 e. The van der Waals surface area contributed by atoms with Crippen molar-refractivity contribution in [3.63, 3.8) is 0 Å². The van der Waals surface area contributed by atoms with Gasteiger partial charge in [-0.3, -0.25) is 9.48 Å². The Morgan fingerprint density at radius 3 is 2.65 bits per heavy atom. The molecule has 2 aromatic heterocycles. The number of anilines is 2. The molecule has 162 valence electrons. The van der Waals surface area contributed by atoms with Gasteiger partial charge < -0.3 is 21.1 Å². The number of nitrogens with zero attached hydrogens (tertiary/aromatic N) is 4. The smallest absolute Gasteiger partial charge is 0.407 e. The molecular formula is C21H25N7O3. The van der Waals surface area contributed by atoms with E-state index in [1.807, 2.05) is 45.0 Å². The number of ether oxygens (including phenoxy) is 1. The zero-order valence-corrected chi connectivity index (χ0v) is 17.6. The molecule has 10 nitrogen and oxygen atoms in total. The number of carbonyl (C=O) groups is 2. The lowest BCUT2D eigenvalue weighted by Gasteiger charge is -2.19. The summed E-state index contributed by atoms with van der Waals surface area (Å²) < 4.78 is 6.93. The van der Waals surface area contributed by atoms with Crippen LogP contribution in [0.2, 0.25) is 0 Å². The number of amides is 2. The second-order valence-electron chi connectivity index (χ2n) is 7.85. The van der Waals surface area contributed by atoms with Crippen LogP contribution < -0.4 is 16.4 Å². The summed E-state index contributed by atoms with van der Waals surface area (Å²) in [6, 6.07) is 7.75. The lowest BCUT2D eigenvalue weighted by Crippen LogP contribution is -2.32. The van der Waals surface area contributed by atoms with Crippen LogP contribution in [-0.2, 0) is 17.8 Å². The van der Waals surface area contributed by atoms with Crippen molar-refractivity contribution >= 4 is 23.5 Å². The van der Waals surface area contributed by atoms with Gasteiger partial charge in [-0.05, 0) is 31.9 Å². The Bertz CT molecular complexity index is 1070. The predicted molar refractivity (Wildman–Crippen MR) is 115 cm³/mol. The number of nitrogens with one attached hydrogen (secondary N) is 2. The molecule has 0 aliphatic heterocycles. The zero-order chi connectivity index (χ0) is 22.4. The Labute approximate surface area is 179 Å². The quantitative estimate of drug-likeness (QED) is 0.554. The third-order valence-electron chi connectivity index (χ3n) is 4.00. The van der Waals surface area contributed by atoms with E-state index < -0.39 is 17.6 Å². The van der Waals surface area contributed by atoms with Gasteiger partial charge >= 0.3 is 6.09 Å². The van der Waals surface area contributed by atoms with Gasteiger partial charge in [-0.25, -0.2) is 14.8 Å². The first-order chi connectivity index (χ1) is 14.7. The van der Waals surface area contributed by atoms with Crippen LogP contribution in [0, 0.1) is 0 Å². The molecule has 0 unspecified atom stereocenters. The molecule has 0 aliphatic carbocycles. The number of hydrogen-bond donors (Lipinski definition) is 3. The first-order valence-electron chi connectivity index (χ1n) is 9.64. The molecule has 3 rings (SSSR count). The fourth-order valence-corrected chi connectivity index (χ4v) is 2.74. The van der Waals surface area contributed by atoms with Gasteiger partial charge in [-0.15, -0.1) is 0 Å². The van der Waals surface area contributed by atoms with Crippen LogP contribution in [0.25, 0.3) is 0 Å². The molecule has 0 fully saturated rings. The van der Waals surface area contributed by atoms with E-state index in [0.717, 1.165) is 11.1 Å². The maximum absolute atomic E-state index is 12.3. The second-order valence-corrected chi connectivity index (χ2v) is 7.85. The van der Waals surface area contributed by atoms with E-state index in [1.165, 1.54) is 12.4 Å². The van der Waals surface area contributed by atoms with Crippen LogP contribution >= 0.6 is 0 Å². The molecule has 4 N–H and O–H groups in total. The van der Waals surface area contributed by atoms with Crippen molar-refractivity contribution < 1.29 is 14.3 Å². The van der Waals surface area contributed by atoms with Crippen molar-refractivity contribution in [3.05, 3.63) is 65.9 Å². The minimum atomic E-state index is -0.544. The summed E-state index contributed by atoms with van der Waals surface area (Å²) in [7, 11) is 0. The van der Waals surface area contributed by atoms with Crippen molar-refractivity contribution in [1.82, 2.24) is 25.1 Å². The monoisotopic (exact) mass is 423 g/mol. The second kappa shape index (κ2) is 9.24. The Hall–Kier alpha value is -3.95. The molecule has 31 heavy (non-hydrogen) atoms. The van der Waals surface area contributed by atoms with Gasteiger partial charge in [0, 0.05) is 25.1 Å². The van der Waals surface area contributed by atoms with E-state index in [4.69, 9.17) is 10.5 Å². The number of nitrogens with two attached hydrogens (primary N) is 1. The Morgan fingerprint density at radius 2 is 1.90 bits per heavy atom. The lowest BCUT2D eigenvalue weighted by atomic mass is 10.1. The van der Waals surface area contributed by atoms with E-state index in [1.54, 1.807) is 17.1 Å². The van der Waals surface area contributed by atoms with Crippen molar-refractivity contribution in [2.24, 2.45) is 0 Å². The fraction of sp³-hybridized carbons (Fsp3) is 0.286. The van der Waals surface area contributed by atoms with Crippen LogP contribution in [0.5, 0.6) is 0 Å². The SMILES string of the molecule is CC(C)(C)OC(=O)NCc1cccc(Cn2cc(NC(=O)c3nccnc3N)cn2)c1. The number of nitrogen functional groups attached to an aromatic ring is 1. The van der Waals surface area contributed by atoms with E-state index in [9.17, 15) is 9.59 Å². The fourth-order valence-electron chi connectivity index (χ4n) is 2.74. The summed E-state index contributed by atoms with van der Waals surface area (Å²) in [5.74, 6) is -0.399. The van der Waals surface area contributed by atoms with Crippen LogP contribution in [0.4, 0.5) is 16.3 Å². The van der Waals surface area contributed by atoms with E-state index in [2.05, 4.69) is 25.7 Å². The number of alkyl carbamates (subject to hydrolysis) is 1. The van der Waals surface area contributed by atoms with Crippen molar-refractivity contribution in [2.45, 2.75) is 39.5 Å². The van der Waals surface area contributed by atoms with E-state index >= 15 is 0 Å². The molecule has 0 saturated heterocycles. The third kappa shape index (κ3) is 6.53. The highest BCUT2D eigenvalue weighted by Gasteiger charge is 2.16. The number of carbonyl (C=O) groups excluding carboxylic acids is 2. The number of benzene rings is 1. The van der Waals surface area contributed by atoms with Gasteiger partial charge in [0.1, 0.15) is 5.60 Å². The molecule has 0 atom stereocenters. The van der Waals surface area contributed by atoms with Crippen molar-refractivity contribution in [1.29, 1.82) is 0 Å².